The largest absolute Gasteiger partial charge is 0.355 e. The summed E-state index contributed by atoms with van der Waals surface area (Å²) in [7, 11) is 0. The predicted octanol–water partition coefficient (Wildman–Crippen LogP) is 0.889. The maximum atomic E-state index is 10.9. The first-order valence-electron chi connectivity index (χ1n) is 4.35. The fourth-order valence-corrected chi connectivity index (χ4v) is 1.21. The molecule has 0 aromatic carbocycles. The highest BCUT2D eigenvalue weighted by Crippen LogP contribution is 2.15. The lowest BCUT2D eigenvalue weighted by Gasteiger charge is -2.31. The molecule has 0 bridgehead atoms. The van der Waals surface area contributed by atoms with Gasteiger partial charge in [0.2, 0.25) is 0 Å². The minimum Gasteiger partial charge on any atom is -0.355 e. The van der Waals surface area contributed by atoms with E-state index in [1.807, 2.05) is 0 Å². The molecule has 0 atom stereocenters. The molecule has 4 nitrogen and oxygen atoms in total. The van der Waals surface area contributed by atoms with Gasteiger partial charge in [0.15, 0.2) is 5.78 Å². The van der Waals surface area contributed by atoms with Crippen LogP contribution in [-0.2, 0) is 0 Å². The summed E-state index contributed by atoms with van der Waals surface area (Å²) in [6.07, 6.45) is 4.42. The van der Waals surface area contributed by atoms with E-state index in [9.17, 15) is 4.79 Å². The molecule has 1 aromatic rings. The van der Waals surface area contributed by atoms with Crippen molar-refractivity contribution in [2.24, 2.45) is 0 Å². The third-order valence-corrected chi connectivity index (χ3v) is 2.18. The van der Waals surface area contributed by atoms with Crippen LogP contribution in [0.3, 0.4) is 0 Å². The molecule has 2 heterocycles. The van der Waals surface area contributed by atoms with Gasteiger partial charge in [-0.25, -0.2) is 9.97 Å². The third kappa shape index (κ3) is 1.52. The van der Waals surface area contributed by atoms with Crippen LogP contribution in [-0.4, -0.2) is 28.8 Å². The average molecular weight is 177 g/mol. The Bertz CT molecular complexity index is 316. The zero-order chi connectivity index (χ0) is 9.26. The van der Waals surface area contributed by atoms with E-state index in [-0.39, 0.29) is 5.78 Å². The van der Waals surface area contributed by atoms with Crippen molar-refractivity contribution in [1.82, 2.24) is 9.97 Å². The normalized spacial score (nSPS) is 15.3. The van der Waals surface area contributed by atoms with Gasteiger partial charge in [-0.15, -0.1) is 0 Å². The first kappa shape index (κ1) is 8.16. The highest BCUT2D eigenvalue weighted by atomic mass is 16.1. The van der Waals surface area contributed by atoms with Crippen LogP contribution in [0, 0.1) is 0 Å². The van der Waals surface area contributed by atoms with E-state index in [4.69, 9.17) is 0 Å². The van der Waals surface area contributed by atoms with Crippen LogP contribution in [0.1, 0.15) is 23.8 Å². The van der Waals surface area contributed by atoms with E-state index in [0.29, 0.717) is 5.69 Å². The molecule has 1 aliphatic rings. The second-order valence-corrected chi connectivity index (χ2v) is 3.16. The van der Waals surface area contributed by atoms with Gasteiger partial charge in [0.25, 0.3) is 0 Å². The SMILES string of the molecule is CC(=O)c1cnc(N2CCC2)cn1. The topological polar surface area (TPSA) is 46.1 Å². The van der Waals surface area contributed by atoms with E-state index in [2.05, 4.69) is 14.9 Å². The standard InChI is InChI=1S/C9H11N3O/c1-7(13)8-5-11-9(6-10-8)12-3-2-4-12/h5-6H,2-4H2,1H3. The second kappa shape index (κ2) is 3.12. The summed E-state index contributed by atoms with van der Waals surface area (Å²) in [6, 6.07) is 0. The summed E-state index contributed by atoms with van der Waals surface area (Å²) in [5, 5.41) is 0. The molecule has 68 valence electrons. The number of rotatable bonds is 2. The van der Waals surface area contributed by atoms with E-state index < -0.39 is 0 Å². The Balaban J connectivity index is 2.17. The molecular formula is C9H11N3O. The van der Waals surface area contributed by atoms with Crippen molar-refractivity contribution in [2.75, 3.05) is 18.0 Å². The number of anilines is 1. The van der Waals surface area contributed by atoms with Gasteiger partial charge >= 0.3 is 0 Å². The number of nitrogens with zero attached hydrogens (tertiary/aromatic N) is 3. The van der Waals surface area contributed by atoms with Crippen molar-refractivity contribution in [3.05, 3.63) is 18.1 Å². The molecule has 1 aromatic heterocycles. The van der Waals surface area contributed by atoms with Gasteiger partial charge in [-0.2, -0.15) is 0 Å². The number of Topliss-reactive ketones (excluding diaryl/α,β-unsaturated/α-hetero) is 1. The smallest absolute Gasteiger partial charge is 0.179 e. The summed E-state index contributed by atoms with van der Waals surface area (Å²) < 4.78 is 0. The Labute approximate surface area is 76.6 Å². The molecule has 0 spiro atoms. The van der Waals surface area contributed by atoms with Crippen LogP contribution in [0.15, 0.2) is 12.4 Å². The van der Waals surface area contributed by atoms with Crippen molar-refractivity contribution < 1.29 is 4.79 Å². The van der Waals surface area contributed by atoms with Crippen LogP contribution in [0.25, 0.3) is 0 Å². The van der Waals surface area contributed by atoms with Crippen molar-refractivity contribution in [1.29, 1.82) is 0 Å². The highest BCUT2D eigenvalue weighted by Gasteiger charge is 2.15. The molecule has 0 amide bonds. The molecular weight excluding hydrogens is 166 g/mol. The lowest BCUT2D eigenvalue weighted by molar-refractivity contribution is 0.101. The summed E-state index contributed by atoms with van der Waals surface area (Å²) >= 11 is 0. The first-order chi connectivity index (χ1) is 6.27. The summed E-state index contributed by atoms with van der Waals surface area (Å²) in [5.74, 6) is 0.832. The van der Waals surface area contributed by atoms with Crippen LogP contribution in [0.2, 0.25) is 0 Å². The number of carbonyl (C=O) groups is 1. The summed E-state index contributed by atoms with van der Waals surface area (Å²) in [4.78, 5) is 21.2. The number of aromatic nitrogens is 2. The Hall–Kier alpha value is -1.45. The molecule has 1 aliphatic heterocycles. The Morgan fingerprint density at radius 1 is 1.38 bits per heavy atom. The van der Waals surface area contributed by atoms with Gasteiger partial charge in [-0.05, 0) is 6.42 Å². The van der Waals surface area contributed by atoms with Crippen molar-refractivity contribution in [3.63, 3.8) is 0 Å². The van der Waals surface area contributed by atoms with E-state index in [1.54, 1.807) is 6.20 Å². The zero-order valence-electron chi connectivity index (χ0n) is 7.53. The molecule has 2 rings (SSSR count). The van der Waals surface area contributed by atoms with Gasteiger partial charge in [-0.3, -0.25) is 4.79 Å². The monoisotopic (exact) mass is 177 g/mol. The van der Waals surface area contributed by atoms with E-state index >= 15 is 0 Å². The van der Waals surface area contributed by atoms with Gasteiger partial charge < -0.3 is 4.90 Å². The second-order valence-electron chi connectivity index (χ2n) is 3.16. The molecule has 0 N–H and O–H groups in total. The molecule has 0 saturated carbocycles. The summed E-state index contributed by atoms with van der Waals surface area (Å²) in [5.41, 5.74) is 0.435. The van der Waals surface area contributed by atoms with E-state index in [1.165, 1.54) is 19.5 Å². The number of hydrogen-bond donors (Lipinski definition) is 0. The van der Waals surface area contributed by atoms with Crippen LogP contribution >= 0.6 is 0 Å². The van der Waals surface area contributed by atoms with Crippen LogP contribution in [0.5, 0.6) is 0 Å². The maximum absolute atomic E-state index is 10.9. The van der Waals surface area contributed by atoms with E-state index in [0.717, 1.165) is 18.9 Å². The van der Waals surface area contributed by atoms with Gasteiger partial charge in [-0.1, -0.05) is 0 Å². The molecule has 1 saturated heterocycles. The molecule has 0 radical (unpaired) electrons. The lowest BCUT2D eigenvalue weighted by Crippen LogP contribution is -2.37. The Morgan fingerprint density at radius 3 is 2.54 bits per heavy atom. The van der Waals surface area contributed by atoms with Crippen molar-refractivity contribution in [3.8, 4) is 0 Å². The molecule has 1 fully saturated rings. The zero-order valence-corrected chi connectivity index (χ0v) is 7.53. The Morgan fingerprint density at radius 2 is 2.15 bits per heavy atom. The highest BCUT2D eigenvalue weighted by molar-refractivity contribution is 5.91. The number of ketones is 1. The van der Waals surface area contributed by atoms with Gasteiger partial charge in [0.1, 0.15) is 11.5 Å². The third-order valence-electron chi connectivity index (χ3n) is 2.18. The predicted molar refractivity (Wildman–Crippen MR) is 48.9 cm³/mol. The fraction of sp³-hybridized carbons (Fsp3) is 0.444. The average Bonchev–Trinajstić information content (AvgIpc) is 2.02. The van der Waals surface area contributed by atoms with Crippen molar-refractivity contribution >= 4 is 11.6 Å². The molecule has 0 unspecified atom stereocenters. The quantitative estimate of drug-likeness (QED) is 0.629. The first-order valence-corrected chi connectivity index (χ1v) is 4.35. The molecule has 0 aliphatic carbocycles. The maximum Gasteiger partial charge on any atom is 0.179 e. The number of carbonyl (C=O) groups excluding carboxylic acids is 1. The molecule has 13 heavy (non-hydrogen) atoms. The minimum absolute atomic E-state index is 0.0392. The number of hydrogen-bond acceptors (Lipinski definition) is 4. The van der Waals surface area contributed by atoms with Crippen LogP contribution in [0.4, 0.5) is 5.82 Å². The van der Waals surface area contributed by atoms with Gasteiger partial charge in [0.05, 0.1) is 12.4 Å². The van der Waals surface area contributed by atoms with Gasteiger partial charge in [0, 0.05) is 20.0 Å². The Kier molecular flexibility index (Phi) is 1.96. The lowest BCUT2D eigenvalue weighted by atomic mass is 10.2. The minimum atomic E-state index is -0.0392. The van der Waals surface area contributed by atoms with Crippen molar-refractivity contribution in [2.45, 2.75) is 13.3 Å². The van der Waals surface area contributed by atoms with Crippen LogP contribution < -0.4 is 4.90 Å². The molecule has 4 heteroatoms. The fourth-order valence-electron chi connectivity index (χ4n) is 1.21. The summed E-state index contributed by atoms with van der Waals surface area (Å²) in [6.45, 7) is 3.59.